The molecule has 0 amide bonds. The van der Waals surface area contributed by atoms with E-state index in [0.29, 0.717) is 25.2 Å². The highest BCUT2D eigenvalue weighted by molar-refractivity contribution is 5.79. The number of fused-ring (bicyclic) bond motifs is 1. The molecule has 29 heavy (non-hydrogen) atoms. The van der Waals surface area contributed by atoms with Crippen LogP contribution in [0.2, 0.25) is 0 Å². The van der Waals surface area contributed by atoms with E-state index in [-0.39, 0.29) is 0 Å². The van der Waals surface area contributed by atoms with E-state index in [4.69, 9.17) is 13.9 Å². The Morgan fingerprint density at radius 1 is 1.07 bits per heavy atom. The number of aliphatic imine (C=N–C) groups is 1. The number of aryl methyl sites for hydroxylation is 1. The van der Waals surface area contributed by atoms with Crippen LogP contribution in [0.1, 0.15) is 16.8 Å². The fraction of sp³-hybridized carbons (Fsp3) is 0.273. The molecular formula is C22H24N4O3. The van der Waals surface area contributed by atoms with Crippen LogP contribution in [-0.4, -0.2) is 31.3 Å². The molecule has 0 radical (unpaired) electrons. The second-order valence-electron chi connectivity index (χ2n) is 6.80. The largest absolute Gasteiger partial charge is 0.454 e. The molecular weight excluding hydrogens is 368 g/mol. The monoisotopic (exact) mass is 392 g/mol. The molecule has 1 aliphatic rings. The number of guanidine groups is 1. The van der Waals surface area contributed by atoms with Crippen LogP contribution in [0.3, 0.4) is 0 Å². The lowest BCUT2D eigenvalue weighted by atomic mass is 10.1. The summed E-state index contributed by atoms with van der Waals surface area (Å²) in [5.74, 6) is 2.94. The highest BCUT2D eigenvalue weighted by Gasteiger charge is 2.13. The summed E-state index contributed by atoms with van der Waals surface area (Å²) in [4.78, 5) is 8.80. The van der Waals surface area contributed by atoms with Gasteiger partial charge in [0, 0.05) is 19.2 Å². The number of nitrogens with one attached hydrogen (secondary N) is 2. The quantitative estimate of drug-likeness (QED) is 0.495. The number of rotatable bonds is 6. The molecule has 1 aromatic heterocycles. The summed E-state index contributed by atoms with van der Waals surface area (Å²) in [7, 11) is 1.75. The van der Waals surface area contributed by atoms with Gasteiger partial charge < -0.3 is 24.5 Å². The number of aromatic nitrogens is 1. The summed E-state index contributed by atoms with van der Waals surface area (Å²) in [6.07, 6.45) is 2.51. The van der Waals surface area contributed by atoms with Crippen molar-refractivity contribution < 1.29 is 13.9 Å². The molecule has 7 nitrogen and oxygen atoms in total. The Kier molecular flexibility index (Phi) is 5.65. The van der Waals surface area contributed by atoms with Gasteiger partial charge in [0.15, 0.2) is 17.5 Å². The minimum atomic E-state index is 0.293. The van der Waals surface area contributed by atoms with Crippen molar-refractivity contribution in [3.63, 3.8) is 0 Å². The Morgan fingerprint density at radius 2 is 1.90 bits per heavy atom. The predicted molar refractivity (Wildman–Crippen MR) is 111 cm³/mol. The van der Waals surface area contributed by atoms with Gasteiger partial charge >= 0.3 is 0 Å². The van der Waals surface area contributed by atoms with Crippen molar-refractivity contribution in [1.82, 2.24) is 15.6 Å². The fourth-order valence-corrected chi connectivity index (χ4v) is 3.03. The normalized spacial score (nSPS) is 12.8. The van der Waals surface area contributed by atoms with Crippen LogP contribution in [0.15, 0.2) is 58.1 Å². The van der Waals surface area contributed by atoms with Gasteiger partial charge in [0.25, 0.3) is 0 Å². The van der Waals surface area contributed by atoms with E-state index in [1.807, 2.05) is 42.5 Å². The first-order valence-corrected chi connectivity index (χ1v) is 9.56. The van der Waals surface area contributed by atoms with E-state index >= 15 is 0 Å². The summed E-state index contributed by atoms with van der Waals surface area (Å²) >= 11 is 0. The fourth-order valence-electron chi connectivity index (χ4n) is 3.03. The molecule has 0 saturated heterocycles. The number of hydrogen-bond acceptors (Lipinski definition) is 5. The minimum absolute atomic E-state index is 0.293. The summed E-state index contributed by atoms with van der Waals surface area (Å²) in [5.41, 5.74) is 4.17. The molecule has 3 aromatic rings. The van der Waals surface area contributed by atoms with Crippen LogP contribution in [-0.2, 0) is 13.0 Å². The zero-order valence-corrected chi connectivity index (χ0v) is 16.6. The average Bonchev–Trinajstić information content (AvgIpc) is 3.40. The lowest BCUT2D eigenvalue weighted by Crippen LogP contribution is -2.37. The molecule has 0 fully saturated rings. The molecule has 0 spiro atoms. The molecule has 0 aliphatic carbocycles. The van der Waals surface area contributed by atoms with E-state index in [2.05, 4.69) is 27.5 Å². The number of ether oxygens (including phenoxy) is 2. The second kappa shape index (κ2) is 8.68. The Labute approximate surface area is 169 Å². The maximum atomic E-state index is 5.60. The van der Waals surface area contributed by atoms with Gasteiger partial charge in [-0.2, -0.15) is 0 Å². The van der Waals surface area contributed by atoms with E-state index in [1.165, 1.54) is 11.1 Å². The Bertz CT molecular complexity index is 996. The molecule has 0 saturated carbocycles. The van der Waals surface area contributed by atoms with Gasteiger partial charge in [-0.3, -0.25) is 4.99 Å². The van der Waals surface area contributed by atoms with Gasteiger partial charge in [0.1, 0.15) is 6.26 Å². The highest BCUT2D eigenvalue weighted by atomic mass is 16.7. The van der Waals surface area contributed by atoms with E-state index in [0.717, 1.165) is 35.7 Å². The first-order valence-electron chi connectivity index (χ1n) is 9.56. The summed E-state index contributed by atoms with van der Waals surface area (Å²) < 4.78 is 16.4. The highest BCUT2D eigenvalue weighted by Crippen LogP contribution is 2.32. The lowest BCUT2D eigenvalue weighted by molar-refractivity contribution is 0.174. The van der Waals surface area contributed by atoms with Crippen molar-refractivity contribution >= 4 is 5.96 Å². The van der Waals surface area contributed by atoms with Crippen LogP contribution >= 0.6 is 0 Å². The van der Waals surface area contributed by atoms with Crippen molar-refractivity contribution in [3.8, 4) is 23.0 Å². The number of oxazole rings is 1. The maximum absolute atomic E-state index is 5.60. The third-order valence-corrected chi connectivity index (χ3v) is 4.65. The minimum Gasteiger partial charge on any atom is -0.454 e. The Morgan fingerprint density at radius 3 is 2.72 bits per heavy atom. The van der Waals surface area contributed by atoms with Crippen molar-refractivity contribution in [3.05, 3.63) is 65.5 Å². The summed E-state index contributed by atoms with van der Waals surface area (Å²) in [6.45, 7) is 3.62. The first-order chi connectivity index (χ1) is 14.2. The van der Waals surface area contributed by atoms with E-state index in [1.54, 1.807) is 13.3 Å². The van der Waals surface area contributed by atoms with Gasteiger partial charge in [-0.25, -0.2) is 4.98 Å². The average molecular weight is 392 g/mol. The predicted octanol–water partition coefficient (Wildman–Crippen LogP) is 3.29. The third kappa shape index (κ3) is 4.68. The first kappa shape index (κ1) is 18.9. The van der Waals surface area contributed by atoms with Crippen LogP contribution in [0.5, 0.6) is 11.5 Å². The van der Waals surface area contributed by atoms with Gasteiger partial charge in [0.05, 0.1) is 12.2 Å². The number of hydrogen-bond donors (Lipinski definition) is 2. The summed E-state index contributed by atoms with van der Waals surface area (Å²) in [6, 6.07) is 14.1. The van der Waals surface area contributed by atoms with Gasteiger partial charge in [-0.1, -0.05) is 23.8 Å². The van der Waals surface area contributed by atoms with Crippen LogP contribution < -0.4 is 20.1 Å². The van der Waals surface area contributed by atoms with Gasteiger partial charge in [-0.05, 0) is 43.2 Å². The zero-order chi connectivity index (χ0) is 20.1. The van der Waals surface area contributed by atoms with Gasteiger partial charge in [-0.15, -0.1) is 0 Å². The third-order valence-electron chi connectivity index (χ3n) is 4.65. The topological polar surface area (TPSA) is 80.9 Å². The molecule has 4 rings (SSSR count). The molecule has 7 heteroatoms. The number of nitrogens with zero attached hydrogens (tertiary/aromatic N) is 2. The number of benzene rings is 2. The molecule has 0 bridgehead atoms. The molecule has 2 aromatic carbocycles. The summed E-state index contributed by atoms with van der Waals surface area (Å²) in [5, 5.41) is 6.57. The Hall–Kier alpha value is -3.48. The zero-order valence-electron chi connectivity index (χ0n) is 16.6. The molecule has 2 N–H and O–H groups in total. The van der Waals surface area contributed by atoms with Gasteiger partial charge in [0.2, 0.25) is 12.7 Å². The molecule has 150 valence electrons. The molecule has 2 heterocycles. The Balaban J connectivity index is 1.26. The molecule has 1 aliphatic heterocycles. The second-order valence-corrected chi connectivity index (χ2v) is 6.80. The van der Waals surface area contributed by atoms with Crippen molar-refractivity contribution in [2.24, 2.45) is 4.99 Å². The lowest BCUT2D eigenvalue weighted by Gasteiger charge is -2.11. The van der Waals surface area contributed by atoms with Crippen molar-refractivity contribution in [2.45, 2.75) is 19.9 Å². The van der Waals surface area contributed by atoms with E-state index in [9.17, 15) is 0 Å². The molecule has 0 unspecified atom stereocenters. The van der Waals surface area contributed by atoms with Crippen molar-refractivity contribution in [2.75, 3.05) is 20.4 Å². The maximum Gasteiger partial charge on any atom is 0.231 e. The van der Waals surface area contributed by atoms with Crippen LogP contribution in [0.4, 0.5) is 0 Å². The molecule has 0 atom stereocenters. The smallest absolute Gasteiger partial charge is 0.231 e. The standard InChI is InChI=1S/C22H24N4O3/c1-15-3-6-17(7-4-15)21-26-18(13-27-21)12-25-22(23-2)24-10-9-16-5-8-19-20(11-16)29-14-28-19/h3-8,11,13H,9-10,12,14H2,1-2H3,(H2,23,24,25). The van der Waals surface area contributed by atoms with Crippen LogP contribution in [0.25, 0.3) is 11.5 Å². The van der Waals surface area contributed by atoms with E-state index < -0.39 is 0 Å². The van der Waals surface area contributed by atoms with Crippen LogP contribution in [0, 0.1) is 6.92 Å². The van der Waals surface area contributed by atoms with Crippen molar-refractivity contribution in [1.29, 1.82) is 0 Å². The SMILES string of the molecule is CN=C(NCCc1ccc2c(c1)OCO2)NCc1coc(-c2ccc(C)cc2)n1.